The average Bonchev–Trinajstić information content (AvgIpc) is 2.96. The molecule has 0 N–H and O–H groups in total. The molecular formula is C17H18N2O6S. The van der Waals surface area contributed by atoms with Crippen molar-refractivity contribution in [2.75, 3.05) is 6.61 Å². The van der Waals surface area contributed by atoms with E-state index in [-0.39, 0.29) is 16.4 Å². The second-order valence-electron chi connectivity index (χ2n) is 6.94. The number of ketones is 1. The van der Waals surface area contributed by atoms with Crippen LogP contribution in [0.5, 0.6) is 0 Å². The maximum Gasteiger partial charge on any atom is 0.269 e. The van der Waals surface area contributed by atoms with Gasteiger partial charge in [0.15, 0.2) is 5.78 Å². The van der Waals surface area contributed by atoms with Crippen LogP contribution >= 0.6 is 0 Å². The maximum atomic E-state index is 13.4. The van der Waals surface area contributed by atoms with Crippen LogP contribution in [-0.4, -0.2) is 47.7 Å². The molecule has 1 aromatic rings. The van der Waals surface area contributed by atoms with Crippen LogP contribution in [0, 0.1) is 16.0 Å². The molecule has 0 aliphatic carbocycles. The van der Waals surface area contributed by atoms with Gasteiger partial charge in [0, 0.05) is 24.7 Å². The zero-order valence-electron chi connectivity index (χ0n) is 14.1. The SMILES string of the molecule is C[C@@H]1C(=O)[C@@H]2OCCC[C@]23C=C[C@H]1N3S(=O)(=O)c1ccc([N+](=O)[O-])cc1. The molecule has 2 fully saturated rings. The minimum atomic E-state index is -3.96. The summed E-state index contributed by atoms with van der Waals surface area (Å²) in [6, 6.07) is 4.26. The molecule has 1 aromatic carbocycles. The minimum absolute atomic E-state index is 0.0259. The summed E-state index contributed by atoms with van der Waals surface area (Å²) >= 11 is 0. The normalized spacial score (nSPS) is 33.9. The first-order valence-corrected chi connectivity index (χ1v) is 9.87. The first kappa shape index (κ1) is 17.3. The molecule has 2 bridgehead atoms. The lowest BCUT2D eigenvalue weighted by Crippen LogP contribution is -2.68. The Hall–Kier alpha value is -2.10. The van der Waals surface area contributed by atoms with Crippen molar-refractivity contribution >= 4 is 21.5 Å². The van der Waals surface area contributed by atoms with Gasteiger partial charge in [-0.2, -0.15) is 4.31 Å². The van der Waals surface area contributed by atoms with Crippen LogP contribution in [-0.2, 0) is 19.6 Å². The van der Waals surface area contributed by atoms with E-state index < -0.39 is 38.5 Å². The summed E-state index contributed by atoms with van der Waals surface area (Å²) < 4.78 is 33.8. The molecule has 9 heteroatoms. The molecule has 26 heavy (non-hydrogen) atoms. The Kier molecular flexibility index (Phi) is 3.80. The van der Waals surface area contributed by atoms with Gasteiger partial charge in [-0.15, -0.1) is 0 Å². The fourth-order valence-corrected chi connectivity index (χ4v) is 6.24. The third kappa shape index (κ3) is 2.20. The summed E-state index contributed by atoms with van der Waals surface area (Å²) in [5, 5.41) is 10.8. The van der Waals surface area contributed by atoms with Crippen LogP contribution in [0.25, 0.3) is 0 Å². The van der Waals surface area contributed by atoms with Gasteiger partial charge in [0.25, 0.3) is 5.69 Å². The number of Topliss-reactive ketones (excluding diaryl/α,β-unsaturated/α-hetero) is 1. The van der Waals surface area contributed by atoms with Crippen molar-refractivity contribution in [1.29, 1.82) is 0 Å². The number of hydrogen-bond donors (Lipinski definition) is 0. The van der Waals surface area contributed by atoms with E-state index in [4.69, 9.17) is 4.74 Å². The van der Waals surface area contributed by atoms with Crippen molar-refractivity contribution < 1.29 is 22.9 Å². The first-order valence-electron chi connectivity index (χ1n) is 8.43. The molecule has 0 amide bonds. The fourth-order valence-electron chi connectivity index (χ4n) is 4.27. The van der Waals surface area contributed by atoms with Gasteiger partial charge in [-0.1, -0.05) is 19.1 Å². The molecule has 4 atom stereocenters. The molecule has 1 spiro atoms. The number of carbonyl (C=O) groups excluding carboxylic acids is 1. The van der Waals surface area contributed by atoms with Gasteiger partial charge in [0.1, 0.15) is 6.10 Å². The molecule has 0 radical (unpaired) electrons. The van der Waals surface area contributed by atoms with Gasteiger partial charge in [-0.3, -0.25) is 14.9 Å². The number of piperidine rings is 1. The van der Waals surface area contributed by atoms with E-state index in [0.29, 0.717) is 19.4 Å². The van der Waals surface area contributed by atoms with Crippen LogP contribution in [0.1, 0.15) is 19.8 Å². The predicted molar refractivity (Wildman–Crippen MR) is 90.9 cm³/mol. The van der Waals surface area contributed by atoms with Gasteiger partial charge in [0.05, 0.1) is 21.4 Å². The Morgan fingerprint density at radius 2 is 2.00 bits per heavy atom. The molecule has 3 heterocycles. The van der Waals surface area contributed by atoms with Crippen molar-refractivity contribution in [2.45, 2.75) is 42.3 Å². The van der Waals surface area contributed by atoms with Crippen LogP contribution in [0.2, 0.25) is 0 Å². The third-order valence-electron chi connectivity index (χ3n) is 5.55. The summed E-state index contributed by atoms with van der Waals surface area (Å²) in [6.45, 7) is 2.14. The zero-order valence-corrected chi connectivity index (χ0v) is 14.9. The van der Waals surface area contributed by atoms with Crippen molar-refractivity contribution in [3.05, 3.63) is 46.5 Å². The topological polar surface area (TPSA) is 107 Å². The van der Waals surface area contributed by atoms with Crippen molar-refractivity contribution in [3.8, 4) is 0 Å². The van der Waals surface area contributed by atoms with E-state index in [0.717, 1.165) is 0 Å². The molecule has 4 rings (SSSR count). The molecule has 3 aliphatic heterocycles. The molecule has 0 aromatic heterocycles. The number of rotatable bonds is 3. The number of non-ortho nitro benzene ring substituents is 1. The highest BCUT2D eigenvalue weighted by molar-refractivity contribution is 7.89. The van der Waals surface area contributed by atoms with Crippen LogP contribution in [0.3, 0.4) is 0 Å². The highest BCUT2D eigenvalue weighted by Gasteiger charge is 2.63. The quantitative estimate of drug-likeness (QED) is 0.450. The Morgan fingerprint density at radius 3 is 2.65 bits per heavy atom. The van der Waals surface area contributed by atoms with E-state index in [2.05, 4.69) is 0 Å². The van der Waals surface area contributed by atoms with E-state index in [9.17, 15) is 23.3 Å². The van der Waals surface area contributed by atoms with Crippen molar-refractivity contribution in [1.82, 2.24) is 4.31 Å². The van der Waals surface area contributed by atoms with Crippen LogP contribution in [0.15, 0.2) is 41.3 Å². The lowest BCUT2D eigenvalue weighted by Gasteiger charge is -2.51. The highest BCUT2D eigenvalue weighted by Crippen LogP contribution is 2.49. The number of fused-ring (bicyclic) bond motifs is 1. The first-order chi connectivity index (χ1) is 12.3. The second kappa shape index (κ2) is 5.70. The number of nitro groups is 1. The number of carbonyl (C=O) groups is 1. The molecule has 8 nitrogen and oxygen atoms in total. The molecule has 138 valence electrons. The second-order valence-corrected chi connectivity index (χ2v) is 8.75. The van der Waals surface area contributed by atoms with E-state index in [1.807, 2.05) is 0 Å². The molecule has 0 saturated carbocycles. The van der Waals surface area contributed by atoms with Gasteiger partial charge in [0.2, 0.25) is 10.0 Å². The van der Waals surface area contributed by atoms with Crippen LogP contribution in [0.4, 0.5) is 5.69 Å². The Bertz CT molecular complexity index is 910. The van der Waals surface area contributed by atoms with E-state index >= 15 is 0 Å². The molecule has 0 unspecified atom stereocenters. The monoisotopic (exact) mass is 378 g/mol. The smallest absolute Gasteiger partial charge is 0.269 e. The van der Waals surface area contributed by atoms with Crippen LogP contribution < -0.4 is 0 Å². The summed E-state index contributed by atoms with van der Waals surface area (Å²) in [6.07, 6.45) is 3.93. The average molecular weight is 378 g/mol. The summed E-state index contributed by atoms with van der Waals surface area (Å²) in [5.74, 6) is -0.590. The van der Waals surface area contributed by atoms with E-state index in [1.54, 1.807) is 19.1 Å². The summed E-state index contributed by atoms with van der Waals surface area (Å²) in [7, 11) is -3.96. The van der Waals surface area contributed by atoms with Gasteiger partial charge in [-0.05, 0) is 25.0 Å². The van der Waals surface area contributed by atoms with E-state index in [1.165, 1.54) is 28.6 Å². The standard InChI is InChI=1S/C17H18N2O6S/c1-11-14-7-9-17(8-2-10-25-16(17)15(11)20)18(14)26(23,24)13-5-3-12(4-6-13)19(21)22/h3-7,9,11,14,16H,2,8,10H2,1H3/t11-,14+,16-,17-/m0/s1. The largest absolute Gasteiger partial charge is 0.368 e. The predicted octanol–water partition coefficient (Wildman–Crippen LogP) is 1.66. The maximum absolute atomic E-state index is 13.4. The number of nitrogens with zero attached hydrogens (tertiary/aromatic N) is 2. The van der Waals surface area contributed by atoms with Gasteiger partial charge < -0.3 is 4.74 Å². The number of sulfonamides is 1. The number of nitro benzene ring substituents is 1. The number of hydrogen-bond acceptors (Lipinski definition) is 6. The van der Waals surface area contributed by atoms with Crippen molar-refractivity contribution in [2.24, 2.45) is 5.92 Å². The van der Waals surface area contributed by atoms with Crippen molar-refractivity contribution in [3.63, 3.8) is 0 Å². The minimum Gasteiger partial charge on any atom is -0.368 e. The zero-order chi connectivity index (χ0) is 18.7. The third-order valence-corrected chi connectivity index (χ3v) is 7.52. The lowest BCUT2D eigenvalue weighted by atomic mass is 9.78. The summed E-state index contributed by atoms with van der Waals surface area (Å²) in [4.78, 5) is 22.9. The molecule has 2 saturated heterocycles. The molecular weight excluding hydrogens is 360 g/mol. The summed E-state index contributed by atoms with van der Waals surface area (Å²) in [5.41, 5.74) is -1.18. The Labute approximate surface area is 150 Å². The number of benzene rings is 1. The Balaban J connectivity index is 1.81. The highest BCUT2D eigenvalue weighted by atomic mass is 32.2. The number of ether oxygens (including phenoxy) is 1. The molecule has 3 aliphatic rings. The van der Waals surface area contributed by atoms with Gasteiger partial charge in [-0.25, -0.2) is 8.42 Å². The van der Waals surface area contributed by atoms with Gasteiger partial charge >= 0.3 is 0 Å². The lowest BCUT2D eigenvalue weighted by molar-refractivity contribution is -0.384. The Morgan fingerprint density at radius 1 is 1.31 bits per heavy atom. The fraction of sp³-hybridized carbons (Fsp3) is 0.471.